The number of hydrogen-bond acceptors (Lipinski definition) is 4. The van der Waals surface area contributed by atoms with E-state index in [9.17, 15) is 13.2 Å². The van der Waals surface area contributed by atoms with E-state index in [1.807, 2.05) is 0 Å². The van der Waals surface area contributed by atoms with Crippen LogP contribution in [-0.4, -0.2) is 38.4 Å². The van der Waals surface area contributed by atoms with Crippen LogP contribution in [0.5, 0.6) is 0 Å². The van der Waals surface area contributed by atoms with Gasteiger partial charge in [-0.3, -0.25) is 0 Å². The molecular formula is C19H25NO4S. The number of nitrogens with zero attached hydrogens (tertiary/aromatic N) is 1. The Hall–Kier alpha value is -1.66. The van der Waals surface area contributed by atoms with E-state index in [1.54, 1.807) is 18.2 Å². The monoisotopic (exact) mass is 363 g/mol. The fourth-order valence-electron chi connectivity index (χ4n) is 3.38. The topological polar surface area (TPSA) is 63.7 Å². The van der Waals surface area contributed by atoms with E-state index in [0.29, 0.717) is 25.6 Å². The molecule has 1 atom stereocenters. The summed E-state index contributed by atoms with van der Waals surface area (Å²) in [5.41, 5.74) is 0.138. The number of rotatable bonds is 5. The molecule has 1 unspecified atom stereocenters. The lowest BCUT2D eigenvalue weighted by molar-refractivity contribution is 0.0427. The summed E-state index contributed by atoms with van der Waals surface area (Å²) in [6.07, 6.45) is 9.92. The third-order valence-corrected chi connectivity index (χ3v) is 6.82. The molecule has 1 aliphatic carbocycles. The van der Waals surface area contributed by atoms with Crippen LogP contribution in [-0.2, 0) is 14.8 Å². The predicted octanol–water partition coefficient (Wildman–Crippen LogP) is 3.37. The lowest BCUT2D eigenvalue weighted by Crippen LogP contribution is -2.36. The molecule has 2 aliphatic rings. The number of benzene rings is 1. The number of ether oxygens (including phenoxy) is 1. The highest BCUT2D eigenvalue weighted by Gasteiger charge is 2.30. The number of carbonyl (C=O) groups is 1. The minimum absolute atomic E-state index is 0.0606. The zero-order valence-corrected chi connectivity index (χ0v) is 15.2. The minimum Gasteiger partial charge on any atom is -0.462 e. The minimum atomic E-state index is -3.66. The molecule has 0 aromatic heterocycles. The number of esters is 1. The van der Waals surface area contributed by atoms with Crippen LogP contribution in [0.1, 0.15) is 48.9 Å². The lowest BCUT2D eigenvalue weighted by Gasteiger charge is -2.26. The predicted molar refractivity (Wildman–Crippen MR) is 95.8 cm³/mol. The molecule has 0 spiro atoms. The molecule has 25 heavy (non-hydrogen) atoms. The van der Waals surface area contributed by atoms with Gasteiger partial charge in [0.05, 0.1) is 17.1 Å². The summed E-state index contributed by atoms with van der Waals surface area (Å²) < 4.78 is 32.8. The molecular weight excluding hydrogens is 338 g/mol. The van der Waals surface area contributed by atoms with E-state index in [4.69, 9.17) is 4.74 Å². The van der Waals surface area contributed by atoms with Crippen molar-refractivity contribution < 1.29 is 17.9 Å². The number of piperidine rings is 1. The molecule has 1 aliphatic heterocycles. The van der Waals surface area contributed by atoms with Gasteiger partial charge in [0.25, 0.3) is 0 Å². The Balaban J connectivity index is 1.75. The maximum atomic E-state index is 12.9. The molecule has 0 N–H and O–H groups in total. The van der Waals surface area contributed by atoms with Crippen LogP contribution in [0.2, 0.25) is 0 Å². The normalized spacial score (nSPS) is 21.8. The van der Waals surface area contributed by atoms with Crippen molar-refractivity contribution in [3.63, 3.8) is 0 Å². The molecule has 5 nitrogen and oxygen atoms in total. The van der Waals surface area contributed by atoms with E-state index < -0.39 is 16.0 Å². The van der Waals surface area contributed by atoms with Gasteiger partial charge in [-0.25, -0.2) is 13.2 Å². The Morgan fingerprint density at radius 2 is 1.88 bits per heavy atom. The molecule has 136 valence electrons. The second-order valence-electron chi connectivity index (χ2n) is 6.71. The average molecular weight is 363 g/mol. The van der Waals surface area contributed by atoms with Crippen molar-refractivity contribution >= 4 is 16.0 Å². The second-order valence-corrected chi connectivity index (χ2v) is 8.62. The van der Waals surface area contributed by atoms with E-state index in [0.717, 1.165) is 38.5 Å². The fourth-order valence-corrected chi connectivity index (χ4v) is 5.08. The Bertz CT molecular complexity index is 736. The van der Waals surface area contributed by atoms with E-state index >= 15 is 0 Å². The summed E-state index contributed by atoms with van der Waals surface area (Å²) in [5.74, 6) is -0.231. The lowest BCUT2D eigenvalue weighted by atomic mass is 9.95. The Morgan fingerprint density at radius 3 is 2.60 bits per heavy atom. The van der Waals surface area contributed by atoms with Crippen LogP contribution in [0.25, 0.3) is 0 Å². The summed E-state index contributed by atoms with van der Waals surface area (Å²) in [4.78, 5) is 12.6. The van der Waals surface area contributed by atoms with E-state index in [-0.39, 0.29) is 10.5 Å². The van der Waals surface area contributed by atoms with Gasteiger partial charge in [0.15, 0.2) is 0 Å². The van der Waals surface area contributed by atoms with Gasteiger partial charge < -0.3 is 4.74 Å². The van der Waals surface area contributed by atoms with E-state index in [2.05, 4.69) is 12.2 Å². The molecule has 3 rings (SSSR count). The van der Waals surface area contributed by atoms with Crippen molar-refractivity contribution in [2.75, 3.05) is 19.7 Å². The van der Waals surface area contributed by atoms with Gasteiger partial charge in [-0.15, -0.1) is 0 Å². The molecule has 6 heteroatoms. The molecule has 1 saturated heterocycles. The van der Waals surface area contributed by atoms with Crippen molar-refractivity contribution in [2.24, 2.45) is 5.92 Å². The van der Waals surface area contributed by atoms with Crippen molar-refractivity contribution in [3.8, 4) is 0 Å². The van der Waals surface area contributed by atoms with Crippen molar-refractivity contribution in [2.45, 2.75) is 43.4 Å². The van der Waals surface area contributed by atoms with Crippen LogP contribution in [0.3, 0.4) is 0 Å². The molecule has 0 bridgehead atoms. The molecule has 1 aromatic carbocycles. The van der Waals surface area contributed by atoms with Crippen LogP contribution in [0, 0.1) is 5.92 Å². The Morgan fingerprint density at radius 1 is 1.12 bits per heavy atom. The highest BCUT2D eigenvalue weighted by atomic mass is 32.2. The molecule has 0 radical (unpaired) electrons. The third-order valence-electron chi connectivity index (χ3n) is 4.87. The van der Waals surface area contributed by atoms with Crippen molar-refractivity contribution in [1.82, 2.24) is 4.31 Å². The summed E-state index contributed by atoms with van der Waals surface area (Å²) in [7, 11) is -3.66. The highest BCUT2D eigenvalue weighted by molar-refractivity contribution is 7.89. The van der Waals surface area contributed by atoms with Gasteiger partial charge >= 0.3 is 5.97 Å². The van der Waals surface area contributed by atoms with Crippen LogP contribution in [0.4, 0.5) is 0 Å². The first-order chi connectivity index (χ1) is 12.1. The van der Waals surface area contributed by atoms with Crippen LogP contribution in [0.15, 0.2) is 41.3 Å². The largest absolute Gasteiger partial charge is 0.462 e. The van der Waals surface area contributed by atoms with Crippen LogP contribution < -0.4 is 0 Å². The second kappa shape index (κ2) is 8.15. The number of carbonyl (C=O) groups excluding carboxylic acids is 1. The van der Waals surface area contributed by atoms with Gasteiger partial charge in [-0.1, -0.05) is 30.7 Å². The first kappa shape index (κ1) is 18.1. The number of allylic oxidation sites excluding steroid dienone is 2. The third kappa shape index (κ3) is 4.30. The molecule has 1 fully saturated rings. The fraction of sp³-hybridized carbons (Fsp3) is 0.526. The highest BCUT2D eigenvalue weighted by Crippen LogP contribution is 2.25. The number of hydrogen-bond donors (Lipinski definition) is 0. The molecule has 0 saturated carbocycles. The first-order valence-corrected chi connectivity index (χ1v) is 10.4. The summed E-state index contributed by atoms with van der Waals surface area (Å²) in [6.45, 7) is 1.36. The summed E-state index contributed by atoms with van der Waals surface area (Å²) >= 11 is 0. The van der Waals surface area contributed by atoms with Gasteiger partial charge in [0.2, 0.25) is 10.0 Å². The zero-order chi connectivity index (χ0) is 17.7. The van der Waals surface area contributed by atoms with Gasteiger partial charge in [-0.05, 0) is 50.2 Å². The number of sulfonamides is 1. The van der Waals surface area contributed by atoms with Gasteiger partial charge in [0.1, 0.15) is 0 Å². The Labute approximate surface area is 149 Å². The first-order valence-electron chi connectivity index (χ1n) is 9.00. The summed E-state index contributed by atoms with van der Waals surface area (Å²) in [6, 6.07) is 6.37. The standard InChI is InChI=1S/C19H25NO4S/c21-19(24-15-16-9-3-1-4-10-16)17-11-5-6-12-18(17)25(22,23)20-13-7-2-8-14-20/h1,3,5-6,11-12,16H,2,4,7-10,13-15H2. The SMILES string of the molecule is O=C(OCC1CC=CCC1)c1ccccc1S(=O)(=O)N1CCCCC1. The molecule has 1 heterocycles. The van der Waals surface area contributed by atoms with Crippen LogP contribution >= 0.6 is 0 Å². The maximum Gasteiger partial charge on any atom is 0.339 e. The smallest absolute Gasteiger partial charge is 0.339 e. The molecule has 0 amide bonds. The van der Waals surface area contributed by atoms with Crippen molar-refractivity contribution in [1.29, 1.82) is 0 Å². The van der Waals surface area contributed by atoms with Gasteiger partial charge in [-0.2, -0.15) is 4.31 Å². The summed E-state index contributed by atoms with van der Waals surface area (Å²) in [5, 5.41) is 0. The van der Waals surface area contributed by atoms with E-state index in [1.165, 1.54) is 10.4 Å². The Kier molecular flexibility index (Phi) is 5.91. The maximum absolute atomic E-state index is 12.9. The molecule has 1 aromatic rings. The average Bonchev–Trinajstić information content (AvgIpc) is 2.67. The zero-order valence-electron chi connectivity index (χ0n) is 14.4. The van der Waals surface area contributed by atoms with Gasteiger partial charge in [0, 0.05) is 13.1 Å². The van der Waals surface area contributed by atoms with Crippen molar-refractivity contribution in [3.05, 3.63) is 42.0 Å². The quantitative estimate of drug-likeness (QED) is 0.594.